The van der Waals surface area contributed by atoms with Gasteiger partial charge in [0, 0.05) is 0 Å². The maximum Gasteiger partial charge on any atom is -0.0178 e. The van der Waals surface area contributed by atoms with E-state index in [0.717, 1.165) is 11.6 Å². The third kappa shape index (κ3) is 6.00. The van der Waals surface area contributed by atoms with Crippen LogP contribution in [-0.4, -0.2) is 17.5 Å². The molecule has 1 heterocycles. The molecule has 2 atom stereocenters. The van der Waals surface area contributed by atoms with Crippen LogP contribution in [0.1, 0.15) is 122 Å². The minimum absolute atomic E-state index is 0.322. The Balaban J connectivity index is 1.70. The van der Waals surface area contributed by atoms with Crippen LogP contribution in [0.5, 0.6) is 0 Å². The van der Waals surface area contributed by atoms with Crippen molar-refractivity contribution in [3.63, 3.8) is 0 Å². The average Bonchev–Trinajstić information content (AvgIpc) is 2.84. The lowest BCUT2D eigenvalue weighted by Gasteiger charge is -2.41. The van der Waals surface area contributed by atoms with E-state index in [1.807, 2.05) is 0 Å². The second-order valence-corrected chi connectivity index (χ2v) is 12.0. The molecule has 1 saturated heterocycles. The average molecular weight is 351 g/mol. The summed E-state index contributed by atoms with van der Waals surface area (Å²) in [4.78, 5) is 0. The minimum atomic E-state index is 0.322. The van der Waals surface area contributed by atoms with Crippen molar-refractivity contribution in [3.8, 4) is 0 Å². The first kappa shape index (κ1) is 19.2. The summed E-state index contributed by atoms with van der Waals surface area (Å²) in [6.45, 7) is 0. The Morgan fingerprint density at radius 1 is 0.417 bits per heavy atom. The van der Waals surface area contributed by atoms with Gasteiger partial charge in [0.1, 0.15) is 0 Å². The summed E-state index contributed by atoms with van der Waals surface area (Å²) in [6, 6.07) is 0. The van der Waals surface area contributed by atoms with Crippen LogP contribution in [0.2, 0.25) is 0 Å². The zero-order chi connectivity index (χ0) is 16.5. The molecule has 0 bridgehead atoms. The summed E-state index contributed by atoms with van der Waals surface area (Å²) in [5, 5.41) is 0. The fourth-order valence-electron chi connectivity index (χ4n) is 5.93. The van der Waals surface area contributed by atoms with Crippen LogP contribution < -0.4 is 0 Å². The summed E-state index contributed by atoms with van der Waals surface area (Å²) < 4.78 is 0. The normalized spacial score (nSPS) is 33.5. The first-order valence-corrected chi connectivity index (χ1v) is 13.4. The van der Waals surface area contributed by atoms with Crippen molar-refractivity contribution >= 4 is 7.92 Å². The van der Waals surface area contributed by atoms with Gasteiger partial charge in [-0.2, -0.15) is 0 Å². The van der Waals surface area contributed by atoms with Gasteiger partial charge in [0.2, 0.25) is 0 Å². The molecule has 0 amide bonds. The second kappa shape index (κ2) is 11.2. The predicted octanol–water partition coefficient (Wildman–Crippen LogP) is 8.27. The van der Waals surface area contributed by atoms with Gasteiger partial charge < -0.3 is 0 Å². The lowest BCUT2D eigenvalue weighted by atomic mass is 9.85. The highest BCUT2D eigenvalue weighted by Gasteiger charge is 2.34. The molecule has 24 heavy (non-hydrogen) atoms. The van der Waals surface area contributed by atoms with Crippen LogP contribution in [0.3, 0.4) is 0 Å². The second-order valence-electron chi connectivity index (χ2n) is 9.11. The summed E-state index contributed by atoms with van der Waals surface area (Å²) in [6.07, 6.45) is 31.3. The van der Waals surface area contributed by atoms with Gasteiger partial charge in [0.25, 0.3) is 0 Å². The molecule has 0 spiro atoms. The predicted molar refractivity (Wildman–Crippen MR) is 111 cm³/mol. The van der Waals surface area contributed by atoms with Crippen LogP contribution >= 0.6 is 7.92 Å². The Morgan fingerprint density at radius 3 is 1.54 bits per heavy atom. The van der Waals surface area contributed by atoms with Crippen molar-refractivity contribution in [2.24, 2.45) is 5.92 Å². The Kier molecular flexibility index (Phi) is 8.97. The highest BCUT2D eigenvalue weighted by Crippen LogP contribution is 2.57. The molecule has 140 valence electrons. The van der Waals surface area contributed by atoms with Gasteiger partial charge >= 0.3 is 0 Å². The van der Waals surface area contributed by atoms with E-state index in [2.05, 4.69) is 0 Å². The fraction of sp³-hybridized carbons (Fsp3) is 1.00. The molecule has 3 aliphatic rings. The molecule has 2 unspecified atom stereocenters. The largest absolute Gasteiger partial charge is 0.100 e. The zero-order valence-electron chi connectivity index (χ0n) is 16.3. The van der Waals surface area contributed by atoms with Crippen molar-refractivity contribution in [1.29, 1.82) is 0 Å². The summed E-state index contributed by atoms with van der Waals surface area (Å²) in [5.74, 6) is 1.13. The highest BCUT2D eigenvalue weighted by molar-refractivity contribution is 7.59. The fourth-order valence-corrected chi connectivity index (χ4v) is 10.1. The minimum Gasteiger partial charge on any atom is -0.100 e. The van der Waals surface area contributed by atoms with E-state index in [1.165, 1.54) is 50.6 Å². The topological polar surface area (TPSA) is 0 Å². The van der Waals surface area contributed by atoms with Gasteiger partial charge in [-0.15, -0.1) is 7.92 Å². The Labute approximate surface area is 153 Å². The molecule has 0 aromatic carbocycles. The molecule has 2 aliphatic carbocycles. The Morgan fingerprint density at radius 2 is 0.875 bits per heavy atom. The lowest BCUT2D eigenvalue weighted by molar-refractivity contribution is 0.333. The number of hydrogen-bond acceptors (Lipinski definition) is 0. The van der Waals surface area contributed by atoms with E-state index in [-0.39, 0.29) is 0 Å². The van der Waals surface area contributed by atoms with E-state index in [4.69, 9.17) is 0 Å². The SMILES string of the molecule is C1CCCCC(P2CCCCCCCC2C2CCCCC2)CCC1. The monoisotopic (exact) mass is 350 g/mol. The van der Waals surface area contributed by atoms with E-state index >= 15 is 0 Å². The number of hydrogen-bond donors (Lipinski definition) is 0. The van der Waals surface area contributed by atoms with Crippen molar-refractivity contribution in [1.82, 2.24) is 0 Å². The first-order chi connectivity index (χ1) is 11.9. The third-order valence-corrected chi connectivity index (χ3v) is 11.1. The molecule has 2 saturated carbocycles. The molecular formula is C23H43P. The summed E-state index contributed by atoms with van der Waals surface area (Å²) >= 11 is 0. The first-order valence-electron chi connectivity index (χ1n) is 11.7. The summed E-state index contributed by atoms with van der Waals surface area (Å²) in [5.41, 5.74) is 2.33. The summed E-state index contributed by atoms with van der Waals surface area (Å²) in [7, 11) is 0.322. The van der Waals surface area contributed by atoms with Crippen LogP contribution in [0.15, 0.2) is 0 Å². The third-order valence-electron chi connectivity index (χ3n) is 7.33. The van der Waals surface area contributed by atoms with Crippen molar-refractivity contribution in [2.75, 3.05) is 6.16 Å². The van der Waals surface area contributed by atoms with Gasteiger partial charge in [-0.3, -0.25) is 0 Å². The molecule has 1 heteroatoms. The number of rotatable bonds is 2. The maximum atomic E-state index is 1.65. The van der Waals surface area contributed by atoms with Crippen LogP contribution in [0.25, 0.3) is 0 Å². The van der Waals surface area contributed by atoms with Crippen molar-refractivity contribution in [2.45, 2.75) is 133 Å². The smallest absolute Gasteiger partial charge is 0.0178 e. The molecular weight excluding hydrogens is 307 g/mol. The molecule has 0 aromatic heterocycles. The van der Waals surface area contributed by atoms with Crippen molar-refractivity contribution < 1.29 is 0 Å². The molecule has 0 N–H and O–H groups in total. The standard InChI is InChI=1S/C23H43P/c1-2-5-12-18-22(17-11-4-1)24-20-14-7-3-6-13-19-23(24)21-15-9-8-10-16-21/h21-23H,1-20H2. The Hall–Kier alpha value is 0.430. The van der Waals surface area contributed by atoms with Gasteiger partial charge in [0.15, 0.2) is 0 Å². The zero-order valence-corrected chi connectivity index (χ0v) is 17.2. The molecule has 0 aromatic rings. The van der Waals surface area contributed by atoms with Gasteiger partial charge in [-0.1, -0.05) is 83.5 Å². The highest BCUT2D eigenvalue weighted by atomic mass is 31.1. The maximum absolute atomic E-state index is 1.65. The van der Waals surface area contributed by atoms with Crippen molar-refractivity contribution in [3.05, 3.63) is 0 Å². The molecule has 1 aliphatic heterocycles. The molecule has 3 fully saturated rings. The molecule has 0 radical (unpaired) electrons. The Bertz CT molecular complexity index is 310. The van der Waals surface area contributed by atoms with Gasteiger partial charge in [-0.25, -0.2) is 0 Å². The van der Waals surface area contributed by atoms with E-state index < -0.39 is 0 Å². The quantitative estimate of drug-likeness (QED) is 0.439. The molecule has 3 rings (SSSR count). The van der Waals surface area contributed by atoms with Gasteiger partial charge in [-0.05, 0) is 61.9 Å². The van der Waals surface area contributed by atoms with Crippen LogP contribution in [-0.2, 0) is 0 Å². The van der Waals surface area contributed by atoms with Crippen LogP contribution in [0.4, 0.5) is 0 Å². The van der Waals surface area contributed by atoms with Crippen LogP contribution in [0, 0.1) is 5.92 Å². The van der Waals surface area contributed by atoms with E-state index in [0.29, 0.717) is 7.92 Å². The lowest BCUT2D eigenvalue weighted by Crippen LogP contribution is -2.27. The van der Waals surface area contributed by atoms with Gasteiger partial charge in [0.05, 0.1) is 0 Å². The van der Waals surface area contributed by atoms with E-state index in [1.54, 1.807) is 83.2 Å². The van der Waals surface area contributed by atoms with E-state index in [9.17, 15) is 0 Å². The molecule has 0 nitrogen and oxygen atoms in total.